The molecule has 0 aromatic heterocycles. The molecule has 2 atom stereocenters. The molecule has 0 spiro atoms. The molecule has 392 valence electrons. The van der Waals surface area contributed by atoms with E-state index in [4.69, 9.17) is 14.2 Å². The topological polar surface area (TPSA) is 78.9 Å². The molecule has 0 rings (SSSR count). The lowest BCUT2D eigenvalue weighted by Crippen LogP contribution is -2.30. The SMILES string of the molecule is CCCCCCCCCCCCCCC(=O)OC[C@@H](COC(=O)CCCCCCCCCCCCCC(C)C)OC(=O)CCCCCCCCCCCCCCCCCCCCC(C)CC. The molecule has 0 aliphatic carbocycles. The van der Waals surface area contributed by atoms with Crippen molar-refractivity contribution in [3.63, 3.8) is 0 Å². The normalized spacial score (nSPS) is 12.5. The van der Waals surface area contributed by atoms with E-state index in [-0.39, 0.29) is 31.1 Å². The summed E-state index contributed by atoms with van der Waals surface area (Å²) in [6.07, 6.45) is 56.6. The molecule has 66 heavy (non-hydrogen) atoms. The molecule has 0 amide bonds. The van der Waals surface area contributed by atoms with Gasteiger partial charge in [-0.05, 0) is 31.1 Å². The van der Waals surface area contributed by atoms with Crippen molar-refractivity contribution < 1.29 is 28.6 Å². The van der Waals surface area contributed by atoms with Crippen LogP contribution in [0.5, 0.6) is 0 Å². The quantitative estimate of drug-likeness (QED) is 0.0343. The fourth-order valence-electron chi connectivity index (χ4n) is 9.20. The first-order valence-corrected chi connectivity index (χ1v) is 29.8. The minimum absolute atomic E-state index is 0.0626. The second-order valence-electron chi connectivity index (χ2n) is 21.4. The average molecular weight is 934 g/mol. The smallest absolute Gasteiger partial charge is 0.306 e. The molecule has 0 aliphatic heterocycles. The number of esters is 3. The zero-order valence-corrected chi connectivity index (χ0v) is 45.3. The van der Waals surface area contributed by atoms with Gasteiger partial charge in [0.15, 0.2) is 6.10 Å². The standard InChI is InChI=1S/C60H116O6/c1-6-8-9-10-11-12-13-25-30-35-40-45-50-58(61)64-53-57(54-65-59(62)51-46-41-36-31-27-22-23-28-33-38-43-48-55(3)4)66-60(63)52-47-42-37-32-26-21-19-17-15-14-16-18-20-24-29-34-39-44-49-56(5)7-2/h55-57H,6-54H2,1-5H3/t56?,57-/m0/s1. The van der Waals surface area contributed by atoms with Crippen molar-refractivity contribution in [3.8, 4) is 0 Å². The van der Waals surface area contributed by atoms with Gasteiger partial charge in [-0.3, -0.25) is 14.4 Å². The highest BCUT2D eigenvalue weighted by Gasteiger charge is 2.19. The van der Waals surface area contributed by atoms with E-state index in [0.29, 0.717) is 19.3 Å². The Balaban J connectivity index is 4.24. The van der Waals surface area contributed by atoms with Gasteiger partial charge in [-0.2, -0.15) is 0 Å². The maximum absolute atomic E-state index is 12.9. The van der Waals surface area contributed by atoms with E-state index in [1.165, 1.54) is 225 Å². The molecule has 0 radical (unpaired) electrons. The minimum atomic E-state index is -0.762. The van der Waals surface area contributed by atoms with Gasteiger partial charge in [0.1, 0.15) is 13.2 Å². The summed E-state index contributed by atoms with van der Waals surface area (Å²) >= 11 is 0. The van der Waals surface area contributed by atoms with Gasteiger partial charge in [0.25, 0.3) is 0 Å². The van der Waals surface area contributed by atoms with E-state index in [1.54, 1.807) is 0 Å². The van der Waals surface area contributed by atoms with Crippen molar-refractivity contribution in [2.45, 2.75) is 343 Å². The van der Waals surface area contributed by atoms with E-state index >= 15 is 0 Å². The summed E-state index contributed by atoms with van der Waals surface area (Å²) in [5, 5.41) is 0. The molecule has 0 aliphatic rings. The van der Waals surface area contributed by atoms with Gasteiger partial charge in [0.05, 0.1) is 0 Å². The minimum Gasteiger partial charge on any atom is -0.462 e. The molecule has 0 heterocycles. The van der Waals surface area contributed by atoms with Gasteiger partial charge < -0.3 is 14.2 Å². The second-order valence-corrected chi connectivity index (χ2v) is 21.4. The van der Waals surface area contributed by atoms with Crippen molar-refractivity contribution >= 4 is 17.9 Å². The third kappa shape index (κ3) is 51.8. The Bertz CT molecular complexity index is 1010. The molecule has 6 heteroatoms. The first-order chi connectivity index (χ1) is 32.3. The van der Waals surface area contributed by atoms with Crippen molar-refractivity contribution in [2.24, 2.45) is 11.8 Å². The van der Waals surface area contributed by atoms with E-state index < -0.39 is 6.10 Å². The molecular formula is C60H116O6. The van der Waals surface area contributed by atoms with Gasteiger partial charge in [-0.25, -0.2) is 0 Å². The van der Waals surface area contributed by atoms with Crippen LogP contribution in [-0.4, -0.2) is 37.2 Å². The van der Waals surface area contributed by atoms with Crippen LogP contribution in [0.4, 0.5) is 0 Å². The lowest BCUT2D eigenvalue weighted by atomic mass is 9.99. The van der Waals surface area contributed by atoms with Crippen LogP contribution in [0.15, 0.2) is 0 Å². The number of hydrogen-bond donors (Lipinski definition) is 0. The number of carbonyl (C=O) groups is 3. The highest BCUT2D eigenvalue weighted by atomic mass is 16.6. The number of ether oxygens (including phenoxy) is 3. The third-order valence-electron chi connectivity index (χ3n) is 14.1. The maximum atomic E-state index is 12.9. The Labute approximate surface area is 412 Å². The van der Waals surface area contributed by atoms with E-state index in [1.807, 2.05) is 0 Å². The number of carbonyl (C=O) groups excluding carboxylic acids is 3. The van der Waals surface area contributed by atoms with Crippen molar-refractivity contribution in [1.29, 1.82) is 0 Å². The zero-order chi connectivity index (χ0) is 48.2. The molecule has 0 aromatic rings. The first-order valence-electron chi connectivity index (χ1n) is 29.8. The van der Waals surface area contributed by atoms with Gasteiger partial charge in [0, 0.05) is 19.3 Å². The fraction of sp³-hybridized carbons (Fsp3) is 0.950. The maximum Gasteiger partial charge on any atom is 0.306 e. The number of hydrogen-bond acceptors (Lipinski definition) is 6. The second kappa shape index (κ2) is 52.8. The molecule has 0 bridgehead atoms. The Kier molecular flexibility index (Phi) is 51.5. The molecule has 1 unspecified atom stereocenters. The first kappa shape index (κ1) is 64.4. The van der Waals surface area contributed by atoms with Crippen LogP contribution in [0.25, 0.3) is 0 Å². The van der Waals surface area contributed by atoms with Crippen LogP contribution in [0.2, 0.25) is 0 Å². The van der Waals surface area contributed by atoms with Gasteiger partial charge >= 0.3 is 17.9 Å². The zero-order valence-electron chi connectivity index (χ0n) is 45.3. The lowest BCUT2D eigenvalue weighted by molar-refractivity contribution is -0.167. The van der Waals surface area contributed by atoms with Crippen LogP contribution in [-0.2, 0) is 28.6 Å². The number of rotatable bonds is 54. The van der Waals surface area contributed by atoms with Gasteiger partial charge in [-0.15, -0.1) is 0 Å². The monoisotopic (exact) mass is 933 g/mol. The fourth-order valence-corrected chi connectivity index (χ4v) is 9.20. The van der Waals surface area contributed by atoms with Crippen molar-refractivity contribution in [2.75, 3.05) is 13.2 Å². The molecular weight excluding hydrogens is 817 g/mol. The van der Waals surface area contributed by atoms with E-state index in [9.17, 15) is 14.4 Å². The van der Waals surface area contributed by atoms with Crippen molar-refractivity contribution in [3.05, 3.63) is 0 Å². The van der Waals surface area contributed by atoms with Gasteiger partial charge in [0.2, 0.25) is 0 Å². The van der Waals surface area contributed by atoms with Crippen LogP contribution in [0.3, 0.4) is 0 Å². The molecule has 6 nitrogen and oxygen atoms in total. The predicted octanol–water partition coefficient (Wildman–Crippen LogP) is 19.7. The summed E-state index contributed by atoms with van der Waals surface area (Å²) in [6, 6.07) is 0. The molecule has 0 saturated carbocycles. The largest absolute Gasteiger partial charge is 0.462 e. The summed E-state index contributed by atoms with van der Waals surface area (Å²) in [7, 11) is 0. The van der Waals surface area contributed by atoms with E-state index in [2.05, 4.69) is 34.6 Å². The third-order valence-corrected chi connectivity index (χ3v) is 14.1. The predicted molar refractivity (Wildman–Crippen MR) is 284 cm³/mol. The molecule has 0 saturated heterocycles. The Morgan fingerprint density at radius 2 is 0.576 bits per heavy atom. The average Bonchev–Trinajstić information content (AvgIpc) is 3.30. The molecule has 0 N–H and O–H groups in total. The van der Waals surface area contributed by atoms with E-state index in [0.717, 1.165) is 69.6 Å². The summed E-state index contributed by atoms with van der Waals surface area (Å²) in [6.45, 7) is 11.5. The van der Waals surface area contributed by atoms with Crippen LogP contribution in [0.1, 0.15) is 336 Å². The summed E-state index contributed by atoms with van der Waals surface area (Å²) in [5.41, 5.74) is 0. The summed E-state index contributed by atoms with van der Waals surface area (Å²) in [5.74, 6) is 0.898. The molecule has 0 fully saturated rings. The van der Waals surface area contributed by atoms with Gasteiger partial charge in [-0.1, -0.05) is 298 Å². The Morgan fingerprint density at radius 1 is 0.318 bits per heavy atom. The van der Waals surface area contributed by atoms with Crippen LogP contribution >= 0.6 is 0 Å². The van der Waals surface area contributed by atoms with Crippen LogP contribution < -0.4 is 0 Å². The highest BCUT2D eigenvalue weighted by molar-refractivity contribution is 5.71. The number of unbranched alkanes of at least 4 members (excludes halogenated alkanes) is 38. The summed E-state index contributed by atoms with van der Waals surface area (Å²) < 4.78 is 16.9. The van der Waals surface area contributed by atoms with Crippen molar-refractivity contribution in [1.82, 2.24) is 0 Å². The Hall–Kier alpha value is -1.59. The van der Waals surface area contributed by atoms with Crippen LogP contribution in [0, 0.1) is 11.8 Å². The molecule has 0 aromatic carbocycles. The highest BCUT2D eigenvalue weighted by Crippen LogP contribution is 2.19. The Morgan fingerprint density at radius 3 is 0.864 bits per heavy atom. The lowest BCUT2D eigenvalue weighted by Gasteiger charge is -2.18. The summed E-state index contributed by atoms with van der Waals surface area (Å²) in [4.78, 5) is 38.1.